The smallest absolute Gasteiger partial charge is 0.0946 e. The number of aromatic nitrogens is 4. The summed E-state index contributed by atoms with van der Waals surface area (Å²) in [5, 5.41) is 17.2. The minimum atomic E-state index is 0.694. The van der Waals surface area contributed by atoms with Crippen LogP contribution in [-0.4, -0.2) is 19.8 Å². The standard InChI is InChI=1S/C10H9N5S/c1-2-10-7(4-12-14-10)3-8(1)11-5-9-6-16-15-13-9/h1-4,6,11H,5H2,(H,12,14). The molecule has 0 aliphatic heterocycles. The summed E-state index contributed by atoms with van der Waals surface area (Å²) in [4.78, 5) is 0. The predicted molar refractivity (Wildman–Crippen MR) is 63.3 cm³/mol. The summed E-state index contributed by atoms with van der Waals surface area (Å²) in [5.74, 6) is 0. The Hall–Kier alpha value is -1.95. The van der Waals surface area contributed by atoms with Crippen molar-refractivity contribution in [3.63, 3.8) is 0 Å². The first kappa shape index (κ1) is 9.29. The Morgan fingerprint density at radius 2 is 2.38 bits per heavy atom. The largest absolute Gasteiger partial charge is 0.379 e. The van der Waals surface area contributed by atoms with Gasteiger partial charge in [0.25, 0.3) is 0 Å². The highest BCUT2D eigenvalue weighted by Gasteiger charge is 1.99. The predicted octanol–water partition coefficient (Wildman–Crippen LogP) is 2.03. The van der Waals surface area contributed by atoms with Gasteiger partial charge in [-0.3, -0.25) is 5.10 Å². The second-order valence-electron chi connectivity index (χ2n) is 3.42. The molecule has 5 nitrogen and oxygen atoms in total. The van der Waals surface area contributed by atoms with Crippen molar-refractivity contribution in [1.29, 1.82) is 0 Å². The molecular formula is C10H9N5S. The van der Waals surface area contributed by atoms with E-state index in [2.05, 4.69) is 31.2 Å². The Bertz CT molecular complexity index is 586. The molecule has 0 aliphatic carbocycles. The SMILES string of the molecule is c1cc2[nH]ncc2cc1NCc1csnn1. The molecule has 0 spiro atoms. The van der Waals surface area contributed by atoms with E-state index in [1.807, 2.05) is 23.7 Å². The van der Waals surface area contributed by atoms with Crippen LogP contribution in [0.2, 0.25) is 0 Å². The number of aromatic amines is 1. The van der Waals surface area contributed by atoms with Crippen LogP contribution in [0.5, 0.6) is 0 Å². The first-order valence-corrected chi connectivity index (χ1v) is 5.68. The second kappa shape index (κ2) is 3.90. The van der Waals surface area contributed by atoms with E-state index in [9.17, 15) is 0 Å². The number of hydrogen-bond donors (Lipinski definition) is 2. The molecule has 80 valence electrons. The average molecular weight is 231 g/mol. The van der Waals surface area contributed by atoms with E-state index < -0.39 is 0 Å². The molecule has 0 bridgehead atoms. The first-order chi connectivity index (χ1) is 7.92. The van der Waals surface area contributed by atoms with Crippen molar-refractivity contribution < 1.29 is 0 Å². The van der Waals surface area contributed by atoms with Crippen LogP contribution in [0.15, 0.2) is 29.8 Å². The molecule has 0 aliphatic rings. The van der Waals surface area contributed by atoms with Gasteiger partial charge in [-0.05, 0) is 29.7 Å². The third-order valence-corrected chi connectivity index (χ3v) is 2.87. The van der Waals surface area contributed by atoms with Gasteiger partial charge in [0.1, 0.15) is 0 Å². The Morgan fingerprint density at radius 1 is 1.38 bits per heavy atom. The van der Waals surface area contributed by atoms with E-state index in [0.29, 0.717) is 6.54 Å². The van der Waals surface area contributed by atoms with Gasteiger partial charge in [-0.15, -0.1) is 5.10 Å². The van der Waals surface area contributed by atoms with Gasteiger partial charge in [0, 0.05) is 16.5 Å². The van der Waals surface area contributed by atoms with Gasteiger partial charge in [0.2, 0.25) is 0 Å². The van der Waals surface area contributed by atoms with Crippen molar-refractivity contribution in [1.82, 2.24) is 19.8 Å². The number of hydrogen-bond acceptors (Lipinski definition) is 5. The summed E-state index contributed by atoms with van der Waals surface area (Å²) < 4.78 is 3.81. The van der Waals surface area contributed by atoms with Crippen LogP contribution in [0.1, 0.15) is 5.69 Å². The summed E-state index contributed by atoms with van der Waals surface area (Å²) in [6.45, 7) is 0.694. The monoisotopic (exact) mass is 231 g/mol. The van der Waals surface area contributed by atoms with Gasteiger partial charge >= 0.3 is 0 Å². The van der Waals surface area contributed by atoms with Crippen LogP contribution in [0.4, 0.5) is 5.69 Å². The molecule has 6 heteroatoms. The molecule has 0 atom stereocenters. The van der Waals surface area contributed by atoms with E-state index in [-0.39, 0.29) is 0 Å². The van der Waals surface area contributed by atoms with Crippen LogP contribution >= 0.6 is 11.5 Å². The van der Waals surface area contributed by atoms with E-state index >= 15 is 0 Å². The Morgan fingerprint density at radius 3 is 3.25 bits per heavy atom. The molecule has 16 heavy (non-hydrogen) atoms. The Balaban J connectivity index is 1.78. The fourth-order valence-electron chi connectivity index (χ4n) is 1.51. The number of fused-ring (bicyclic) bond motifs is 1. The van der Waals surface area contributed by atoms with Gasteiger partial charge < -0.3 is 5.32 Å². The maximum atomic E-state index is 3.98. The summed E-state index contributed by atoms with van der Waals surface area (Å²) in [6, 6.07) is 6.07. The lowest BCUT2D eigenvalue weighted by Gasteiger charge is -2.03. The lowest BCUT2D eigenvalue weighted by Crippen LogP contribution is -1.99. The first-order valence-electron chi connectivity index (χ1n) is 4.85. The molecule has 0 radical (unpaired) electrons. The summed E-state index contributed by atoms with van der Waals surface area (Å²) in [6.07, 6.45) is 1.81. The summed E-state index contributed by atoms with van der Waals surface area (Å²) in [5.41, 5.74) is 3.06. The van der Waals surface area contributed by atoms with E-state index in [4.69, 9.17) is 0 Å². The van der Waals surface area contributed by atoms with E-state index in [1.54, 1.807) is 0 Å². The fourth-order valence-corrected chi connectivity index (χ4v) is 1.96. The Labute approximate surface area is 95.7 Å². The van der Waals surface area contributed by atoms with Crippen molar-refractivity contribution in [3.05, 3.63) is 35.5 Å². The normalized spacial score (nSPS) is 10.8. The van der Waals surface area contributed by atoms with Crippen LogP contribution in [0.3, 0.4) is 0 Å². The highest BCUT2D eigenvalue weighted by atomic mass is 32.1. The number of nitrogens with one attached hydrogen (secondary N) is 2. The number of benzene rings is 1. The van der Waals surface area contributed by atoms with Crippen LogP contribution in [0.25, 0.3) is 10.9 Å². The zero-order valence-corrected chi connectivity index (χ0v) is 9.16. The molecule has 3 aromatic rings. The van der Waals surface area contributed by atoms with Gasteiger partial charge in [-0.25, -0.2) is 0 Å². The molecule has 0 unspecified atom stereocenters. The lowest BCUT2D eigenvalue weighted by atomic mass is 10.2. The van der Waals surface area contributed by atoms with Crippen LogP contribution < -0.4 is 5.32 Å². The zero-order valence-electron chi connectivity index (χ0n) is 8.34. The number of nitrogens with zero attached hydrogens (tertiary/aromatic N) is 3. The van der Waals surface area contributed by atoms with Crippen molar-refractivity contribution in [2.45, 2.75) is 6.54 Å². The molecule has 2 aromatic heterocycles. The topological polar surface area (TPSA) is 66.5 Å². The zero-order chi connectivity index (χ0) is 10.8. The molecule has 3 rings (SSSR count). The average Bonchev–Trinajstić information content (AvgIpc) is 2.97. The minimum absolute atomic E-state index is 0.694. The molecule has 0 fully saturated rings. The van der Waals surface area contributed by atoms with Crippen molar-refractivity contribution in [2.24, 2.45) is 0 Å². The summed E-state index contributed by atoms with van der Waals surface area (Å²) >= 11 is 1.36. The van der Waals surface area contributed by atoms with Crippen molar-refractivity contribution >= 4 is 28.1 Å². The maximum Gasteiger partial charge on any atom is 0.0946 e. The van der Waals surface area contributed by atoms with Crippen molar-refractivity contribution in [2.75, 3.05) is 5.32 Å². The minimum Gasteiger partial charge on any atom is -0.379 e. The molecule has 2 heterocycles. The third-order valence-electron chi connectivity index (χ3n) is 2.32. The van der Waals surface area contributed by atoms with Gasteiger partial charge in [0.15, 0.2) is 0 Å². The van der Waals surface area contributed by atoms with Crippen LogP contribution in [0, 0.1) is 0 Å². The highest BCUT2D eigenvalue weighted by molar-refractivity contribution is 7.03. The van der Waals surface area contributed by atoms with E-state index in [1.165, 1.54) is 11.5 Å². The quantitative estimate of drug-likeness (QED) is 0.723. The van der Waals surface area contributed by atoms with Gasteiger partial charge in [-0.2, -0.15) is 5.10 Å². The molecule has 0 saturated carbocycles. The maximum absolute atomic E-state index is 3.98. The number of anilines is 1. The number of H-pyrrole nitrogens is 1. The van der Waals surface area contributed by atoms with Crippen LogP contribution in [-0.2, 0) is 6.54 Å². The molecule has 0 amide bonds. The molecular weight excluding hydrogens is 222 g/mol. The highest BCUT2D eigenvalue weighted by Crippen LogP contribution is 2.17. The molecule has 2 N–H and O–H groups in total. The van der Waals surface area contributed by atoms with Crippen molar-refractivity contribution in [3.8, 4) is 0 Å². The molecule has 1 aromatic carbocycles. The van der Waals surface area contributed by atoms with Gasteiger partial charge in [-0.1, -0.05) is 4.49 Å². The summed E-state index contributed by atoms with van der Waals surface area (Å²) in [7, 11) is 0. The number of rotatable bonds is 3. The lowest BCUT2D eigenvalue weighted by molar-refractivity contribution is 0.999. The Kier molecular flexibility index (Phi) is 2.26. The molecule has 0 saturated heterocycles. The fraction of sp³-hybridized carbons (Fsp3) is 0.100. The third kappa shape index (κ3) is 1.74. The van der Waals surface area contributed by atoms with Gasteiger partial charge in [0.05, 0.1) is 24.0 Å². The second-order valence-corrected chi connectivity index (χ2v) is 4.03. The van der Waals surface area contributed by atoms with E-state index in [0.717, 1.165) is 22.3 Å².